The number of likely N-dealkylation sites (tertiary alicyclic amines) is 1. The minimum atomic E-state index is 0.666. The van der Waals surface area contributed by atoms with Crippen LogP contribution in [0.4, 0.5) is 5.13 Å². The molecule has 1 atom stereocenters. The number of anilines is 1. The number of fused-ring (bicyclic) bond motifs is 1. The van der Waals surface area contributed by atoms with E-state index < -0.39 is 0 Å². The van der Waals surface area contributed by atoms with Gasteiger partial charge >= 0.3 is 0 Å². The lowest BCUT2D eigenvalue weighted by Gasteiger charge is -2.19. The van der Waals surface area contributed by atoms with Gasteiger partial charge in [-0.25, -0.2) is 4.98 Å². The lowest BCUT2D eigenvalue weighted by Crippen LogP contribution is -2.31. The molecule has 96 valence electrons. The SMILES string of the molecule is Cc1ccc2nc(NCC3CCCN3C)sc2c1. The van der Waals surface area contributed by atoms with E-state index in [0.717, 1.165) is 17.2 Å². The number of nitrogens with zero attached hydrogens (tertiary/aromatic N) is 2. The lowest BCUT2D eigenvalue weighted by molar-refractivity contribution is 0.322. The summed E-state index contributed by atoms with van der Waals surface area (Å²) in [6.07, 6.45) is 2.62. The molecule has 1 aliphatic rings. The number of thiazole rings is 1. The Kier molecular flexibility index (Phi) is 3.22. The molecule has 3 rings (SSSR count). The molecule has 1 unspecified atom stereocenters. The van der Waals surface area contributed by atoms with Crippen molar-refractivity contribution in [3.63, 3.8) is 0 Å². The van der Waals surface area contributed by atoms with Crippen LogP contribution in [0.3, 0.4) is 0 Å². The van der Waals surface area contributed by atoms with Gasteiger partial charge in [0.1, 0.15) is 0 Å². The Labute approximate surface area is 112 Å². The van der Waals surface area contributed by atoms with E-state index >= 15 is 0 Å². The molecule has 4 heteroatoms. The summed E-state index contributed by atoms with van der Waals surface area (Å²) in [5, 5.41) is 4.54. The summed E-state index contributed by atoms with van der Waals surface area (Å²) in [6.45, 7) is 4.36. The van der Waals surface area contributed by atoms with Crippen molar-refractivity contribution in [2.45, 2.75) is 25.8 Å². The first-order valence-electron chi connectivity index (χ1n) is 6.54. The van der Waals surface area contributed by atoms with E-state index in [1.54, 1.807) is 11.3 Å². The monoisotopic (exact) mass is 261 g/mol. The average Bonchev–Trinajstić information content (AvgIpc) is 2.92. The van der Waals surface area contributed by atoms with Crippen molar-refractivity contribution in [3.8, 4) is 0 Å². The molecule has 1 saturated heterocycles. The van der Waals surface area contributed by atoms with Gasteiger partial charge in [0.2, 0.25) is 0 Å². The smallest absolute Gasteiger partial charge is 0.183 e. The van der Waals surface area contributed by atoms with Gasteiger partial charge in [0.25, 0.3) is 0 Å². The van der Waals surface area contributed by atoms with Crippen LogP contribution in [0.5, 0.6) is 0 Å². The Balaban J connectivity index is 1.71. The molecule has 0 amide bonds. The van der Waals surface area contributed by atoms with Crippen LogP contribution in [0.1, 0.15) is 18.4 Å². The van der Waals surface area contributed by atoms with Crippen LogP contribution in [-0.4, -0.2) is 36.1 Å². The summed E-state index contributed by atoms with van der Waals surface area (Å²) >= 11 is 1.76. The third-order valence-corrected chi connectivity index (χ3v) is 4.68. The fourth-order valence-corrected chi connectivity index (χ4v) is 3.52. The molecule has 0 radical (unpaired) electrons. The van der Waals surface area contributed by atoms with Gasteiger partial charge in [0.05, 0.1) is 10.2 Å². The highest BCUT2D eigenvalue weighted by Gasteiger charge is 2.20. The zero-order valence-corrected chi connectivity index (χ0v) is 11.8. The summed E-state index contributed by atoms with van der Waals surface area (Å²) in [4.78, 5) is 7.06. The number of aryl methyl sites for hydroxylation is 1. The second kappa shape index (κ2) is 4.86. The molecule has 18 heavy (non-hydrogen) atoms. The van der Waals surface area contributed by atoms with Crippen molar-refractivity contribution in [3.05, 3.63) is 23.8 Å². The van der Waals surface area contributed by atoms with E-state index in [9.17, 15) is 0 Å². The highest BCUT2D eigenvalue weighted by molar-refractivity contribution is 7.22. The van der Waals surface area contributed by atoms with E-state index in [4.69, 9.17) is 0 Å². The molecule has 0 aliphatic carbocycles. The Morgan fingerprint density at radius 1 is 1.50 bits per heavy atom. The van der Waals surface area contributed by atoms with Crippen molar-refractivity contribution in [2.24, 2.45) is 0 Å². The number of benzene rings is 1. The first kappa shape index (κ1) is 11.9. The normalized spacial score (nSPS) is 20.7. The topological polar surface area (TPSA) is 28.2 Å². The van der Waals surface area contributed by atoms with Gasteiger partial charge < -0.3 is 10.2 Å². The third kappa shape index (κ3) is 2.35. The van der Waals surface area contributed by atoms with Crippen molar-refractivity contribution in [2.75, 3.05) is 25.5 Å². The molecule has 2 heterocycles. The highest BCUT2D eigenvalue weighted by Crippen LogP contribution is 2.27. The maximum absolute atomic E-state index is 4.63. The number of likely N-dealkylation sites (N-methyl/N-ethyl adjacent to an activating group) is 1. The first-order valence-corrected chi connectivity index (χ1v) is 7.35. The van der Waals surface area contributed by atoms with Gasteiger partial charge in [-0.15, -0.1) is 0 Å². The molecule has 1 N–H and O–H groups in total. The van der Waals surface area contributed by atoms with Gasteiger partial charge in [-0.3, -0.25) is 0 Å². The van der Waals surface area contributed by atoms with Crippen LogP contribution >= 0.6 is 11.3 Å². The van der Waals surface area contributed by atoms with Crippen molar-refractivity contribution in [1.82, 2.24) is 9.88 Å². The fourth-order valence-electron chi connectivity index (χ4n) is 2.55. The number of aromatic nitrogens is 1. The molecule has 0 bridgehead atoms. The van der Waals surface area contributed by atoms with Crippen LogP contribution in [0, 0.1) is 6.92 Å². The Morgan fingerprint density at radius 3 is 3.17 bits per heavy atom. The average molecular weight is 261 g/mol. The summed E-state index contributed by atoms with van der Waals surface area (Å²) in [6, 6.07) is 7.10. The predicted octanol–water partition coefficient (Wildman–Crippen LogP) is 3.11. The number of hydrogen-bond donors (Lipinski definition) is 1. The van der Waals surface area contributed by atoms with Gasteiger partial charge in [-0.05, 0) is 51.1 Å². The van der Waals surface area contributed by atoms with Gasteiger partial charge in [-0.2, -0.15) is 0 Å². The summed E-state index contributed by atoms with van der Waals surface area (Å²) in [7, 11) is 2.21. The molecule has 0 spiro atoms. The number of rotatable bonds is 3. The van der Waals surface area contributed by atoms with Crippen molar-refractivity contribution < 1.29 is 0 Å². The van der Waals surface area contributed by atoms with Gasteiger partial charge in [0, 0.05) is 12.6 Å². The fraction of sp³-hybridized carbons (Fsp3) is 0.500. The minimum Gasteiger partial charge on any atom is -0.360 e. The zero-order valence-electron chi connectivity index (χ0n) is 10.9. The Morgan fingerprint density at radius 2 is 2.39 bits per heavy atom. The van der Waals surface area contributed by atoms with E-state index in [0.29, 0.717) is 6.04 Å². The van der Waals surface area contributed by atoms with E-state index in [2.05, 4.69) is 47.4 Å². The van der Waals surface area contributed by atoms with Crippen LogP contribution in [0.15, 0.2) is 18.2 Å². The summed E-state index contributed by atoms with van der Waals surface area (Å²) < 4.78 is 1.28. The quantitative estimate of drug-likeness (QED) is 0.920. The second-order valence-corrected chi connectivity index (χ2v) is 6.18. The predicted molar refractivity (Wildman–Crippen MR) is 78.5 cm³/mol. The third-order valence-electron chi connectivity index (χ3n) is 3.70. The van der Waals surface area contributed by atoms with E-state index in [1.807, 2.05) is 0 Å². The maximum atomic E-state index is 4.63. The largest absolute Gasteiger partial charge is 0.360 e. The molecular weight excluding hydrogens is 242 g/mol. The molecule has 1 aromatic carbocycles. The lowest BCUT2D eigenvalue weighted by atomic mass is 10.2. The summed E-state index contributed by atoms with van der Waals surface area (Å²) in [5.41, 5.74) is 2.40. The number of nitrogens with one attached hydrogen (secondary N) is 1. The minimum absolute atomic E-state index is 0.666. The molecule has 2 aromatic rings. The standard InChI is InChI=1S/C14H19N3S/c1-10-5-6-12-13(8-10)18-14(16-12)15-9-11-4-3-7-17(11)2/h5-6,8,11H,3-4,7,9H2,1-2H3,(H,15,16). The molecule has 1 aliphatic heterocycles. The molecular formula is C14H19N3S. The molecule has 0 saturated carbocycles. The zero-order chi connectivity index (χ0) is 12.5. The first-order chi connectivity index (χ1) is 8.72. The molecule has 1 aromatic heterocycles. The van der Waals surface area contributed by atoms with E-state index in [-0.39, 0.29) is 0 Å². The van der Waals surface area contributed by atoms with Gasteiger partial charge in [0.15, 0.2) is 5.13 Å². The second-order valence-electron chi connectivity index (χ2n) is 5.15. The van der Waals surface area contributed by atoms with Gasteiger partial charge in [-0.1, -0.05) is 17.4 Å². The molecule has 1 fully saturated rings. The maximum Gasteiger partial charge on any atom is 0.183 e. The van der Waals surface area contributed by atoms with Crippen LogP contribution < -0.4 is 5.32 Å². The Bertz CT molecular complexity index is 549. The van der Waals surface area contributed by atoms with Crippen LogP contribution in [-0.2, 0) is 0 Å². The van der Waals surface area contributed by atoms with Crippen molar-refractivity contribution in [1.29, 1.82) is 0 Å². The molecule has 3 nitrogen and oxygen atoms in total. The van der Waals surface area contributed by atoms with Crippen molar-refractivity contribution >= 4 is 26.7 Å². The summed E-state index contributed by atoms with van der Waals surface area (Å²) in [5.74, 6) is 0. The van der Waals surface area contributed by atoms with Crippen LogP contribution in [0.2, 0.25) is 0 Å². The number of hydrogen-bond acceptors (Lipinski definition) is 4. The Hall–Kier alpha value is -1.13. The van der Waals surface area contributed by atoms with Crippen LogP contribution in [0.25, 0.3) is 10.2 Å². The highest BCUT2D eigenvalue weighted by atomic mass is 32.1. The van der Waals surface area contributed by atoms with E-state index in [1.165, 1.54) is 29.6 Å².